The number of alkyl halides is 3. The lowest BCUT2D eigenvalue weighted by atomic mass is 10.2. The molecule has 0 aromatic heterocycles. The predicted octanol–water partition coefficient (Wildman–Crippen LogP) is 3.87. The van der Waals surface area contributed by atoms with Gasteiger partial charge in [0, 0.05) is 11.0 Å². The van der Waals surface area contributed by atoms with Crippen LogP contribution in [0.4, 0.5) is 18.9 Å². The molecule has 0 saturated carbocycles. The number of hydrogen-bond donors (Lipinski definition) is 0. The number of fused-ring (bicyclic) bond motifs is 1. The number of ketones is 1. The third kappa shape index (κ3) is 4.26. The fraction of sp³-hybridized carbons (Fsp3) is 0.235. The van der Waals surface area contributed by atoms with Gasteiger partial charge < -0.3 is 4.18 Å². The summed E-state index contributed by atoms with van der Waals surface area (Å²) in [5.41, 5.74) is -4.49. The Kier molecular flexibility index (Phi) is 5.60. The third-order valence-electron chi connectivity index (χ3n) is 3.67. The van der Waals surface area contributed by atoms with E-state index in [4.69, 9.17) is 4.84 Å². The number of carbonyl (C=O) groups is 1. The minimum Gasteiger partial charge on any atom is -0.376 e. The molecule has 0 spiro atoms. The fourth-order valence-electron chi connectivity index (χ4n) is 2.39. The van der Waals surface area contributed by atoms with E-state index >= 15 is 0 Å². The van der Waals surface area contributed by atoms with E-state index in [1.165, 1.54) is 18.1 Å². The Hall–Kier alpha value is -2.24. The van der Waals surface area contributed by atoms with E-state index in [1.54, 1.807) is 0 Å². The number of halogens is 3. The van der Waals surface area contributed by atoms with Gasteiger partial charge in [0.25, 0.3) is 0 Å². The topological polar surface area (TPSA) is 72.9 Å². The second-order valence-corrected chi connectivity index (χ2v) is 8.44. The number of carbonyl (C=O) groups excluding carboxylic acids is 1. The maximum Gasteiger partial charge on any atom is 0.534 e. The van der Waals surface area contributed by atoms with Crippen molar-refractivity contribution in [2.75, 3.05) is 5.06 Å². The standard InChI is InChI=1S/C17H14F3NO5S2/c1-11(22)16-21(25-10-12-5-3-2-4-6-12)14-9-13(7-8-15(14)27-16)26-28(23,24)17(18,19)20/h2-9,16H,10H2,1H3. The van der Waals surface area contributed by atoms with Crippen LogP contribution in [0.5, 0.6) is 5.75 Å². The third-order valence-corrected chi connectivity index (χ3v) is 5.99. The second-order valence-electron chi connectivity index (χ2n) is 5.78. The van der Waals surface area contributed by atoms with Gasteiger partial charge in [0.1, 0.15) is 5.75 Å². The quantitative estimate of drug-likeness (QED) is 0.506. The van der Waals surface area contributed by atoms with E-state index in [9.17, 15) is 26.4 Å². The summed E-state index contributed by atoms with van der Waals surface area (Å²) >= 11 is 1.14. The lowest BCUT2D eigenvalue weighted by Gasteiger charge is -2.24. The number of nitrogens with zero attached hydrogens (tertiary/aromatic N) is 1. The number of hydrogen-bond acceptors (Lipinski definition) is 7. The summed E-state index contributed by atoms with van der Waals surface area (Å²) in [6.45, 7) is 1.46. The number of Topliss-reactive ketones (excluding diaryl/α,β-unsaturated/α-hetero) is 1. The van der Waals surface area contributed by atoms with E-state index in [0.717, 1.165) is 29.5 Å². The summed E-state index contributed by atoms with van der Waals surface area (Å²) in [5, 5.41) is 0.496. The predicted molar refractivity (Wildman–Crippen MR) is 96.1 cm³/mol. The first-order valence-electron chi connectivity index (χ1n) is 7.86. The first kappa shape index (κ1) is 20.5. The van der Waals surface area contributed by atoms with Crippen LogP contribution in [-0.4, -0.2) is 25.1 Å². The van der Waals surface area contributed by atoms with E-state index in [1.807, 2.05) is 30.3 Å². The molecule has 1 unspecified atom stereocenters. The Morgan fingerprint density at radius 2 is 1.86 bits per heavy atom. The molecular weight excluding hydrogens is 419 g/mol. The summed E-state index contributed by atoms with van der Waals surface area (Å²) in [4.78, 5) is 18.2. The summed E-state index contributed by atoms with van der Waals surface area (Å²) < 4.78 is 64.3. The highest BCUT2D eigenvalue weighted by molar-refractivity contribution is 8.01. The van der Waals surface area contributed by atoms with Crippen molar-refractivity contribution in [2.45, 2.75) is 29.3 Å². The van der Waals surface area contributed by atoms with Crippen LogP contribution in [0.3, 0.4) is 0 Å². The van der Waals surface area contributed by atoms with Gasteiger partial charge >= 0.3 is 15.6 Å². The van der Waals surface area contributed by atoms with Crippen molar-refractivity contribution in [3.8, 4) is 5.75 Å². The van der Waals surface area contributed by atoms with Gasteiger partial charge in [-0.25, -0.2) is 5.06 Å². The molecule has 0 aliphatic carbocycles. The first-order valence-corrected chi connectivity index (χ1v) is 10.2. The molecule has 1 heterocycles. The normalized spacial score (nSPS) is 16.7. The van der Waals surface area contributed by atoms with Crippen LogP contribution >= 0.6 is 11.8 Å². The molecule has 150 valence electrons. The highest BCUT2D eigenvalue weighted by atomic mass is 32.2. The van der Waals surface area contributed by atoms with Gasteiger partial charge in [-0.3, -0.25) is 9.63 Å². The highest BCUT2D eigenvalue weighted by Gasteiger charge is 2.48. The van der Waals surface area contributed by atoms with Crippen molar-refractivity contribution < 1.29 is 35.4 Å². The number of rotatable bonds is 6. The molecule has 11 heteroatoms. The van der Waals surface area contributed by atoms with Crippen LogP contribution in [-0.2, 0) is 26.4 Å². The van der Waals surface area contributed by atoms with E-state index in [0.29, 0.717) is 4.90 Å². The van der Waals surface area contributed by atoms with Crippen molar-refractivity contribution in [3.63, 3.8) is 0 Å². The molecular formula is C17H14F3NO5S2. The van der Waals surface area contributed by atoms with Crippen molar-refractivity contribution in [1.82, 2.24) is 0 Å². The molecule has 1 aliphatic heterocycles. The molecule has 6 nitrogen and oxygen atoms in total. The molecule has 1 atom stereocenters. The van der Waals surface area contributed by atoms with Crippen molar-refractivity contribution in [2.24, 2.45) is 0 Å². The average Bonchev–Trinajstić information content (AvgIpc) is 2.98. The van der Waals surface area contributed by atoms with Gasteiger partial charge in [0.2, 0.25) is 0 Å². The zero-order valence-electron chi connectivity index (χ0n) is 14.3. The first-order chi connectivity index (χ1) is 13.1. The minimum atomic E-state index is -5.80. The maximum atomic E-state index is 12.5. The second kappa shape index (κ2) is 7.64. The molecule has 0 fully saturated rings. The molecule has 0 saturated heterocycles. The Bertz CT molecular complexity index is 980. The molecule has 2 aromatic rings. The summed E-state index contributed by atoms with van der Waals surface area (Å²) in [7, 11) is -5.80. The van der Waals surface area contributed by atoms with E-state index < -0.39 is 26.7 Å². The molecule has 2 aromatic carbocycles. The zero-order valence-corrected chi connectivity index (χ0v) is 16.0. The molecule has 28 heavy (non-hydrogen) atoms. The Labute approximate surface area is 163 Å². The molecule has 1 aliphatic rings. The number of hydroxylamine groups is 1. The van der Waals surface area contributed by atoms with Gasteiger partial charge in [0.15, 0.2) is 11.2 Å². The van der Waals surface area contributed by atoms with Gasteiger partial charge in [-0.15, -0.1) is 0 Å². The van der Waals surface area contributed by atoms with Crippen LogP contribution in [0, 0.1) is 0 Å². The van der Waals surface area contributed by atoms with Gasteiger partial charge in [-0.2, -0.15) is 21.6 Å². The summed E-state index contributed by atoms with van der Waals surface area (Å²) in [5.74, 6) is -0.770. The van der Waals surface area contributed by atoms with Crippen LogP contribution in [0.2, 0.25) is 0 Å². The molecule has 3 rings (SSSR count). The Morgan fingerprint density at radius 3 is 2.46 bits per heavy atom. The van der Waals surface area contributed by atoms with E-state index in [2.05, 4.69) is 4.18 Å². The van der Waals surface area contributed by atoms with Crippen LogP contribution < -0.4 is 9.25 Å². The van der Waals surface area contributed by atoms with E-state index in [-0.39, 0.29) is 18.1 Å². The fourth-order valence-corrected chi connectivity index (χ4v) is 3.94. The molecule has 0 N–H and O–H groups in total. The van der Waals surface area contributed by atoms with Crippen LogP contribution in [0.25, 0.3) is 0 Å². The average molecular weight is 433 g/mol. The van der Waals surface area contributed by atoms with Crippen molar-refractivity contribution in [1.29, 1.82) is 0 Å². The van der Waals surface area contributed by atoms with Crippen molar-refractivity contribution in [3.05, 3.63) is 54.1 Å². The Balaban J connectivity index is 1.87. The lowest BCUT2D eigenvalue weighted by Crippen LogP contribution is -2.34. The smallest absolute Gasteiger partial charge is 0.376 e. The maximum absolute atomic E-state index is 12.5. The van der Waals surface area contributed by atoms with Crippen LogP contribution in [0.1, 0.15) is 12.5 Å². The number of anilines is 1. The highest BCUT2D eigenvalue weighted by Crippen LogP contribution is 2.46. The van der Waals surface area contributed by atoms with Crippen molar-refractivity contribution >= 4 is 33.4 Å². The molecule has 0 amide bonds. The number of thioether (sulfide) groups is 1. The zero-order chi connectivity index (χ0) is 20.5. The number of benzene rings is 2. The largest absolute Gasteiger partial charge is 0.534 e. The summed E-state index contributed by atoms with van der Waals surface area (Å²) in [6, 6.07) is 12.6. The SMILES string of the molecule is CC(=O)C1Sc2ccc(OS(=O)(=O)C(F)(F)F)cc2N1OCc1ccccc1. The molecule has 0 radical (unpaired) electrons. The Morgan fingerprint density at radius 1 is 1.18 bits per heavy atom. The van der Waals surface area contributed by atoms with Gasteiger partial charge in [-0.1, -0.05) is 42.1 Å². The molecule has 0 bridgehead atoms. The monoisotopic (exact) mass is 433 g/mol. The minimum absolute atomic E-state index is 0.108. The lowest BCUT2D eigenvalue weighted by molar-refractivity contribution is -0.118. The van der Waals surface area contributed by atoms with Crippen LogP contribution in [0.15, 0.2) is 53.4 Å². The van der Waals surface area contributed by atoms with Gasteiger partial charge in [0.05, 0.1) is 12.3 Å². The van der Waals surface area contributed by atoms with Gasteiger partial charge in [-0.05, 0) is 24.6 Å². The summed E-state index contributed by atoms with van der Waals surface area (Å²) in [6.07, 6.45) is 0.